The minimum atomic E-state index is -0.838. The number of ether oxygens (including phenoxy) is 2. The predicted molar refractivity (Wildman–Crippen MR) is 74.6 cm³/mol. The molecule has 0 rings (SSSR count). The molecule has 0 saturated carbocycles. The molecule has 0 radical (unpaired) electrons. The number of allylic oxidation sites excluding steroid dienone is 2. The highest BCUT2D eigenvalue weighted by molar-refractivity contribution is 5.95. The number of carbonyl (C=O) groups is 2. The second-order valence-corrected chi connectivity index (χ2v) is 4.73. The second kappa shape index (κ2) is 10.6. The highest BCUT2D eigenvalue weighted by Crippen LogP contribution is 2.11. The summed E-state index contributed by atoms with van der Waals surface area (Å²) in [4.78, 5) is 23.3. The first kappa shape index (κ1) is 17.7. The van der Waals surface area contributed by atoms with Gasteiger partial charge in [0.2, 0.25) is 0 Å². The van der Waals surface area contributed by atoms with E-state index in [0.717, 1.165) is 12.8 Å². The van der Waals surface area contributed by atoms with Gasteiger partial charge in [-0.3, -0.25) is 9.59 Å². The van der Waals surface area contributed by atoms with Crippen molar-refractivity contribution in [1.82, 2.24) is 0 Å². The number of hydrogen-bond donors (Lipinski definition) is 0. The molecule has 0 aromatic rings. The van der Waals surface area contributed by atoms with Crippen LogP contribution >= 0.6 is 0 Å². The van der Waals surface area contributed by atoms with Crippen LogP contribution in [-0.2, 0) is 19.1 Å². The Morgan fingerprint density at radius 3 is 1.95 bits per heavy atom. The molecule has 0 fully saturated rings. The number of rotatable bonds is 9. The van der Waals surface area contributed by atoms with Gasteiger partial charge in [-0.2, -0.15) is 0 Å². The van der Waals surface area contributed by atoms with Crippen molar-refractivity contribution in [2.45, 2.75) is 47.0 Å². The lowest BCUT2D eigenvalue weighted by molar-refractivity contribution is -0.161. The van der Waals surface area contributed by atoms with E-state index in [1.54, 1.807) is 13.8 Å². The van der Waals surface area contributed by atoms with Crippen molar-refractivity contribution in [3.63, 3.8) is 0 Å². The van der Waals surface area contributed by atoms with E-state index in [1.165, 1.54) is 0 Å². The third-order valence-corrected chi connectivity index (χ3v) is 2.59. The maximum absolute atomic E-state index is 11.7. The van der Waals surface area contributed by atoms with Crippen LogP contribution in [0.3, 0.4) is 0 Å². The van der Waals surface area contributed by atoms with Gasteiger partial charge in [-0.1, -0.05) is 26.0 Å². The summed E-state index contributed by atoms with van der Waals surface area (Å²) in [6.07, 6.45) is 6.26. The topological polar surface area (TPSA) is 52.6 Å². The van der Waals surface area contributed by atoms with Crippen molar-refractivity contribution in [1.29, 1.82) is 0 Å². The van der Waals surface area contributed by atoms with E-state index in [9.17, 15) is 9.59 Å². The maximum Gasteiger partial charge on any atom is 0.320 e. The molecule has 0 aromatic heterocycles. The summed E-state index contributed by atoms with van der Waals surface area (Å²) in [5.41, 5.74) is 0. The average molecular weight is 270 g/mol. The summed E-state index contributed by atoms with van der Waals surface area (Å²) in [7, 11) is 0. The Morgan fingerprint density at radius 2 is 1.53 bits per heavy atom. The van der Waals surface area contributed by atoms with Crippen molar-refractivity contribution in [2.24, 2.45) is 11.8 Å². The van der Waals surface area contributed by atoms with E-state index < -0.39 is 17.9 Å². The van der Waals surface area contributed by atoms with Gasteiger partial charge in [0.15, 0.2) is 5.92 Å². The van der Waals surface area contributed by atoms with E-state index in [4.69, 9.17) is 9.47 Å². The molecule has 0 unspecified atom stereocenters. The van der Waals surface area contributed by atoms with Gasteiger partial charge in [0.25, 0.3) is 0 Å². The highest BCUT2D eigenvalue weighted by atomic mass is 16.6. The molecule has 0 spiro atoms. The van der Waals surface area contributed by atoms with Crippen LogP contribution in [0.5, 0.6) is 0 Å². The largest absolute Gasteiger partial charge is 0.465 e. The lowest BCUT2D eigenvalue weighted by Gasteiger charge is -2.12. The lowest BCUT2D eigenvalue weighted by Crippen LogP contribution is -2.27. The normalized spacial score (nSPS) is 11.3. The zero-order valence-electron chi connectivity index (χ0n) is 12.5. The van der Waals surface area contributed by atoms with E-state index in [2.05, 4.69) is 13.8 Å². The molecule has 4 nitrogen and oxygen atoms in total. The van der Waals surface area contributed by atoms with Crippen molar-refractivity contribution in [3.05, 3.63) is 12.2 Å². The Balaban J connectivity index is 4.34. The van der Waals surface area contributed by atoms with Gasteiger partial charge in [0.05, 0.1) is 13.2 Å². The minimum absolute atomic E-state index is 0.270. The van der Waals surface area contributed by atoms with Gasteiger partial charge in [-0.05, 0) is 39.0 Å². The fraction of sp³-hybridized carbons (Fsp3) is 0.733. The molecule has 0 N–H and O–H groups in total. The van der Waals surface area contributed by atoms with E-state index in [0.29, 0.717) is 12.3 Å². The van der Waals surface area contributed by atoms with Crippen LogP contribution in [0.4, 0.5) is 0 Å². The first-order valence-electron chi connectivity index (χ1n) is 7.01. The standard InChI is InChI=1S/C15H26O4/c1-5-18-14(16)13(15(17)19-6-2)11-9-7-8-10-12(3)4/h7,9,12-13H,5-6,8,10-11H2,1-4H3. The molecule has 0 amide bonds. The Labute approximate surface area is 116 Å². The third-order valence-electron chi connectivity index (χ3n) is 2.59. The van der Waals surface area contributed by atoms with Gasteiger partial charge in [-0.15, -0.1) is 0 Å². The van der Waals surface area contributed by atoms with Crippen molar-refractivity contribution < 1.29 is 19.1 Å². The van der Waals surface area contributed by atoms with Crippen molar-refractivity contribution in [2.75, 3.05) is 13.2 Å². The fourth-order valence-corrected chi connectivity index (χ4v) is 1.55. The number of esters is 2. The smallest absolute Gasteiger partial charge is 0.320 e. The lowest BCUT2D eigenvalue weighted by atomic mass is 10.0. The molecule has 0 aromatic carbocycles. The summed E-state index contributed by atoms with van der Waals surface area (Å²) in [5.74, 6) is -1.20. The summed E-state index contributed by atoms with van der Waals surface area (Å²) in [5, 5.41) is 0. The SMILES string of the molecule is CCOC(=O)C(CC=CCCC(C)C)C(=O)OCC. The van der Waals surface area contributed by atoms with Gasteiger partial charge in [0.1, 0.15) is 0 Å². The summed E-state index contributed by atoms with van der Waals surface area (Å²) >= 11 is 0. The maximum atomic E-state index is 11.7. The molecular weight excluding hydrogens is 244 g/mol. The Hall–Kier alpha value is -1.32. The first-order chi connectivity index (χ1) is 9.02. The predicted octanol–water partition coefficient (Wildman–Crippen LogP) is 3.11. The molecule has 19 heavy (non-hydrogen) atoms. The van der Waals surface area contributed by atoms with Crippen LogP contribution in [0.25, 0.3) is 0 Å². The molecule has 4 heteroatoms. The fourth-order valence-electron chi connectivity index (χ4n) is 1.55. The van der Waals surface area contributed by atoms with Crippen LogP contribution in [0.1, 0.15) is 47.0 Å². The quantitative estimate of drug-likeness (QED) is 0.367. The third kappa shape index (κ3) is 8.41. The monoisotopic (exact) mass is 270 g/mol. The van der Waals surface area contributed by atoms with Crippen LogP contribution < -0.4 is 0 Å². The molecule has 0 saturated heterocycles. The molecule has 110 valence electrons. The summed E-state index contributed by atoms with van der Waals surface area (Å²) in [6, 6.07) is 0. The highest BCUT2D eigenvalue weighted by Gasteiger charge is 2.27. The van der Waals surface area contributed by atoms with Crippen LogP contribution in [-0.4, -0.2) is 25.2 Å². The first-order valence-corrected chi connectivity index (χ1v) is 7.01. The van der Waals surface area contributed by atoms with E-state index in [1.807, 2.05) is 12.2 Å². The van der Waals surface area contributed by atoms with Crippen molar-refractivity contribution in [3.8, 4) is 0 Å². The molecule has 0 atom stereocenters. The van der Waals surface area contributed by atoms with Crippen LogP contribution in [0.15, 0.2) is 12.2 Å². The molecule has 0 aliphatic rings. The van der Waals surface area contributed by atoms with Gasteiger partial charge in [0, 0.05) is 0 Å². The Bertz CT molecular complexity index is 277. The zero-order valence-corrected chi connectivity index (χ0v) is 12.5. The van der Waals surface area contributed by atoms with Gasteiger partial charge < -0.3 is 9.47 Å². The van der Waals surface area contributed by atoms with Gasteiger partial charge >= 0.3 is 11.9 Å². The Kier molecular flexibility index (Phi) is 9.85. The van der Waals surface area contributed by atoms with Crippen molar-refractivity contribution >= 4 is 11.9 Å². The zero-order chi connectivity index (χ0) is 14.7. The summed E-state index contributed by atoms with van der Waals surface area (Å²) < 4.78 is 9.79. The molecule has 0 aliphatic heterocycles. The Morgan fingerprint density at radius 1 is 1.00 bits per heavy atom. The number of hydrogen-bond acceptors (Lipinski definition) is 4. The summed E-state index contributed by atoms with van der Waals surface area (Å²) in [6.45, 7) is 8.30. The average Bonchev–Trinajstić information content (AvgIpc) is 2.33. The molecular formula is C15H26O4. The second-order valence-electron chi connectivity index (χ2n) is 4.73. The molecule has 0 aliphatic carbocycles. The van der Waals surface area contributed by atoms with Gasteiger partial charge in [-0.25, -0.2) is 0 Å². The molecule has 0 bridgehead atoms. The minimum Gasteiger partial charge on any atom is -0.465 e. The van der Waals surface area contributed by atoms with Crippen LogP contribution in [0.2, 0.25) is 0 Å². The van der Waals surface area contributed by atoms with E-state index >= 15 is 0 Å². The van der Waals surface area contributed by atoms with E-state index in [-0.39, 0.29) is 13.2 Å². The van der Waals surface area contributed by atoms with Crippen LogP contribution in [0, 0.1) is 11.8 Å². The number of carbonyl (C=O) groups excluding carboxylic acids is 2. The molecule has 0 heterocycles.